The van der Waals surface area contributed by atoms with E-state index in [1.165, 1.54) is 75.3 Å². The fourth-order valence-electron chi connectivity index (χ4n) is 6.74. The third-order valence-electron chi connectivity index (χ3n) is 9.23. The van der Waals surface area contributed by atoms with E-state index in [2.05, 4.69) is 44.2 Å². The van der Waals surface area contributed by atoms with E-state index >= 15 is 0 Å². The molecule has 3 aliphatic carbocycles. The average Bonchev–Trinajstić information content (AvgIpc) is 2.93. The van der Waals surface area contributed by atoms with Gasteiger partial charge in [-0.2, -0.15) is 10.5 Å². The summed E-state index contributed by atoms with van der Waals surface area (Å²) >= 11 is 6.94. The van der Waals surface area contributed by atoms with Gasteiger partial charge in [-0.05, 0) is 104 Å². The van der Waals surface area contributed by atoms with Crippen LogP contribution in [0.25, 0.3) is 0 Å². The molecule has 0 amide bonds. The summed E-state index contributed by atoms with van der Waals surface area (Å²) in [6.45, 7) is 4.95. The quantitative estimate of drug-likeness (QED) is 0.264. The Kier molecular flexibility index (Phi) is 9.21. The molecule has 2 bridgehead atoms. The topological polar surface area (TPSA) is 56.8 Å². The van der Waals surface area contributed by atoms with Crippen LogP contribution in [0.15, 0.2) is 30.3 Å². The second-order valence-corrected chi connectivity index (χ2v) is 11.9. The number of halogens is 1. The Morgan fingerprint density at radius 3 is 2.16 bits per heavy atom. The highest BCUT2D eigenvalue weighted by atomic mass is 35.5. The van der Waals surface area contributed by atoms with Gasteiger partial charge >= 0.3 is 0 Å². The van der Waals surface area contributed by atoms with E-state index in [0.717, 1.165) is 29.8 Å². The molecular formula is C33H41ClN2O. The molecule has 37 heavy (non-hydrogen) atoms. The molecule has 3 nitrogen and oxygen atoms in total. The summed E-state index contributed by atoms with van der Waals surface area (Å²) in [5, 5.41) is 20.4. The van der Waals surface area contributed by atoms with Crippen LogP contribution in [-0.2, 0) is 18.3 Å². The van der Waals surface area contributed by atoms with Crippen molar-refractivity contribution in [3.63, 3.8) is 0 Å². The van der Waals surface area contributed by atoms with E-state index in [9.17, 15) is 10.5 Å². The molecule has 2 aromatic rings. The molecule has 0 aliphatic heterocycles. The number of hydrogen-bond donors (Lipinski definition) is 0. The highest BCUT2D eigenvalue weighted by Gasteiger charge is 2.49. The lowest BCUT2D eigenvalue weighted by molar-refractivity contribution is 0.0306. The summed E-state index contributed by atoms with van der Waals surface area (Å²) in [5.74, 6) is 0.511. The van der Waals surface area contributed by atoms with Crippen LogP contribution in [0.2, 0.25) is 5.02 Å². The maximum atomic E-state index is 9.81. The first-order valence-corrected chi connectivity index (χ1v) is 14.8. The van der Waals surface area contributed by atoms with Gasteiger partial charge in [0.25, 0.3) is 0 Å². The van der Waals surface area contributed by atoms with E-state index < -0.39 is 0 Å². The smallest absolute Gasteiger partial charge is 0.138 e. The van der Waals surface area contributed by atoms with E-state index in [1.54, 1.807) is 0 Å². The normalized spacial score (nSPS) is 22.4. The fourth-order valence-corrected chi connectivity index (χ4v) is 7.14. The number of rotatable bonds is 12. The molecule has 0 unspecified atom stereocenters. The maximum Gasteiger partial charge on any atom is 0.138 e. The first-order valence-electron chi connectivity index (χ1n) is 14.4. The minimum atomic E-state index is 0.255. The predicted molar refractivity (Wildman–Crippen MR) is 151 cm³/mol. The molecule has 3 fully saturated rings. The van der Waals surface area contributed by atoms with Gasteiger partial charge in [0.15, 0.2) is 0 Å². The van der Waals surface area contributed by atoms with Crippen molar-refractivity contribution in [2.75, 3.05) is 6.61 Å². The van der Waals surface area contributed by atoms with Crippen LogP contribution in [0.3, 0.4) is 0 Å². The van der Waals surface area contributed by atoms with Crippen molar-refractivity contribution < 1.29 is 4.74 Å². The number of nitrogens with zero attached hydrogens (tertiary/aromatic N) is 2. The van der Waals surface area contributed by atoms with Gasteiger partial charge in [-0.15, -0.1) is 0 Å². The summed E-state index contributed by atoms with van der Waals surface area (Å²) in [5.41, 5.74) is 5.05. The van der Waals surface area contributed by atoms with Gasteiger partial charge in [0.05, 0.1) is 12.2 Å². The van der Waals surface area contributed by atoms with Crippen LogP contribution in [0.1, 0.15) is 119 Å². The van der Waals surface area contributed by atoms with Gasteiger partial charge in [0, 0.05) is 5.02 Å². The largest absolute Gasteiger partial charge is 0.492 e. The molecular weight excluding hydrogens is 476 g/mol. The average molecular weight is 517 g/mol. The summed E-state index contributed by atoms with van der Waals surface area (Å²) in [6, 6.07) is 14.9. The second-order valence-electron chi connectivity index (χ2n) is 11.5. The third-order valence-corrected chi connectivity index (χ3v) is 9.55. The van der Waals surface area contributed by atoms with Crippen LogP contribution in [-0.4, -0.2) is 6.61 Å². The van der Waals surface area contributed by atoms with E-state index in [0.29, 0.717) is 35.3 Å². The van der Waals surface area contributed by atoms with Crippen molar-refractivity contribution in [2.24, 2.45) is 5.41 Å². The third kappa shape index (κ3) is 5.99. The highest BCUT2D eigenvalue weighted by Crippen LogP contribution is 2.60. The fraction of sp³-hybridized carbons (Fsp3) is 0.576. The van der Waals surface area contributed by atoms with Crippen LogP contribution < -0.4 is 4.74 Å². The van der Waals surface area contributed by atoms with E-state index in [1.807, 2.05) is 12.1 Å². The molecule has 0 saturated heterocycles. The number of hydrogen-bond acceptors (Lipinski definition) is 3. The minimum Gasteiger partial charge on any atom is -0.492 e. The predicted octanol–water partition coefficient (Wildman–Crippen LogP) is 9.22. The van der Waals surface area contributed by atoms with Crippen molar-refractivity contribution in [2.45, 2.75) is 109 Å². The van der Waals surface area contributed by atoms with Gasteiger partial charge < -0.3 is 4.74 Å². The van der Waals surface area contributed by atoms with E-state index in [-0.39, 0.29) is 5.41 Å². The molecule has 4 heteroatoms. The van der Waals surface area contributed by atoms with Crippen molar-refractivity contribution >= 4 is 11.6 Å². The van der Waals surface area contributed by atoms with Crippen LogP contribution >= 0.6 is 11.6 Å². The molecule has 0 spiro atoms. The molecule has 3 saturated carbocycles. The Balaban J connectivity index is 1.43. The summed E-state index contributed by atoms with van der Waals surface area (Å²) in [7, 11) is 0. The number of aryl methyl sites for hydroxylation is 2. The van der Waals surface area contributed by atoms with Crippen LogP contribution in [0, 0.1) is 28.1 Å². The molecule has 3 aliphatic rings. The highest BCUT2D eigenvalue weighted by molar-refractivity contribution is 6.31. The number of fused-ring (bicyclic) bond motifs is 3. The summed E-state index contributed by atoms with van der Waals surface area (Å²) in [4.78, 5) is 0. The lowest BCUT2D eigenvalue weighted by Gasteiger charge is -2.54. The summed E-state index contributed by atoms with van der Waals surface area (Å²) < 4.78 is 5.78. The number of nitriles is 2. The molecule has 0 N–H and O–H groups in total. The van der Waals surface area contributed by atoms with Gasteiger partial charge in [0.1, 0.15) is 23.5 Å². The Labute approximate surface area is 228 Å². The molecule has 5 rings (SSSR count). The lowest BCUT2D eigenvalue weighted by atomic mass is 9.51. The van der Waals surface area contributed by atoms with Crippen LogP contribution in [0.5, 0.6) is 5.75 Å². The number of ether oxygens (including phenoxy) is 1. The van der Waals surface area contributed by atoms with E-state index in [4.69, 9.17) is 16.3 Å². The number of unbranched alkanes of at least 4 members (excludes halogenated alkanes) is 3. The minimum absolute atomic E-state index is 0.255. The lowest BCUT2D eigenvalue weighted by Crippen LogP contribution is -2.44. The Bertz CT molecular complexity index is 1150. The Morgan fingerprint density at radius 2 is 1.54 bits per heavy atom. The molecule has 2 aromatic carbocycles. The van der Waals surface area contributed by atoms with Gasteiger partial charge in [0.2, 0.25) is 0 Å². The number of benzene rings is 2. The van der Waals surface area contributed by atoms with Crippen molar-refractivity contribution in [1.29, 1.82) is 10.5 Å². The Hall–Kier alpha value is -2.49. The zero-order valence-corrected chi connectivity index (χ0v) is 23.4. The van der Waals surface area contributed by atoms with Crippen molar-refractivity contribution in [1.82, 2.24) is 0 Å². The van der Waals surface area contributed by atoms with Gasteiger partial charge in [-0.1, -0.05) is 69.3 Å². The molecule has 0 heterocycles. The van der Waals surface area contributed by atoms with Crippen molar-refractivity contribution in [3.8, 4) is 17.9 Å². The molecule has 0 radical (unpaired) electrons. The zero-order valence-electron chi connectivity index (χ0n) is 22.7. The standard InChI is InChI=1S/C33H41ClN2O/c1-3-5-7-14-32-15-18-33(19-16-32,20-17-32)29-12-9-25(22-30(29)34)8-10-26-11-13-31(37-21-6-4-2)28(24-36)27(26)23-35/h9,11-13,22H,3-8,10,14-21H2,1-2H3. The SMILES string of the molecule is CCCCCC12CCC(c3ccc(CCc4ccc(OCCCC)c(C#N)c4C#N)cc3Cl)(CC1)CC2. The first kappa shape index (κ1) is 27.5. The molecule has 0 atom stereocenters. The van der Waals surface area contributed by atoms with Gasteiger partial charge in [-0.3, -0.25) is 0 Å². The summed E-state index contributed by atoms with van der Waals surface area (Å²) in [6.07, 6.45) is 16.7. The van der Waals surface area contributed by atoms with Crippen LogP contribution in [0.4, 0.5) is 0 Å². The zero-order chi connectivity index (χ0) is 26.3. The molecule has 196 valence electrons. The molecule has 0 aromatic heterocycles. The first-order chi connectivity index (χ1) is 18.0. The Morgan fingerprint density at radius 1 is 0.838 bits per heavy atom. The van der Waals surface area contributed by atoms with Crippen molar-refractivity contribution in [3.05, 3.63) is 63.2 Å². The van der Waals surface area contributed by atoms with Gasteiger partial charge in [-0.25, -0.2) is 0 Å². The second kappa shape index (κ2) is 12.4. The monoisotopic (exact) mass is 516 g/mol. The maximum absolute atomic E-state index is 9.81.